The summed E-state index contributed by atoms with van der Waals surface area (Å²) < 4.78 is 16.8. The van der Waals surface area contributed by atoms with E-state index in [-0.39, 0.29) is 0 Å². The minimum Gasteiger partial charge on any atom is -0.489 e. The summed E-state index contributed by atoms with van der Waals surface area (Å²) in [6, 6.07) is 18.9. The van der Waals surface area contributed by atoms with E-state index in [2.05, 4.69) is 9.97 Å². The van der Waals surface area contributed by atoms with Crippen molar-refractivity contribution in [1.82, 2.24) is 9.97 Å². The van der Waals surface area contributed by atoms with E-state index in [1.807, 2.05) is 61.5 Å². The molecule has 0 spiro atoms. The van der Waals surface area contributed by atoms with Gasteiger partial charge in [0.2, 0.25) is 5.88 Å². The van der Waals surface area contributed by atoms with E-state index in [1.165, 1.54) is 0 Å². The Morgan fingerprint density at radius 1 is 0.885 bits per heavy atom. The summed E-state index contributed by atoms with van der Waals surface area (Å²) in [5, 5.41) is 0.313. The van der Waals surface area contributed by atoms with Crippen LogP contribution < -0.4 is 9.47 Å². The molecule has 1 heterocycles. The normalized spacial score (nSPS) is 10.5. The molecule has 134 valence electrons. The second kappa shape index (κ2) is 9.17. The summed E-state index contributed by atoms with van der Waals surface area (Å²) in [4.78, 5) is 8.40. The monoisotopic (exact) mass is 370 g/mol. The smallest absolute Gasteiger partial charge is 0.224 e. The number of hydrogen-bond donors (Lipinski definition) is 0. The summed E-state index contributed by atoms with van der Waals surface area (Å²) in [5.74, 6) is 2.25. The maximum Gasteiger partial charge on any atom is 0.224 e. The third kappa shape index (κ3) is 5.44. The van der Waals surface area contributed by atoms with Crippen molar-refractivity contribution < 1.29 is 14.2 Å². The fourth-order valence-corrected chi connectivity index (χ4v) is 2.41. The first-order valence-corrected chi connectivity index (χ1v) is 8.66. The van der Waals surface area contributed by atoms with Gasteiger partial charge in [-0.15, -0.1) is 0 Å². The molecule has 26 heavy (non-hydrogen) atoms. The van der Waals surface area contributed by atoms with E-state index < -0.39 is 0 Å². The summed E-state index contributed by atoms with van der Waals surface area (Å²) >= 11 is 6.01. The Hall–Kier alpha value is -2.63. The van der Waals surface area contributed by atoms with Crippen molar-refractivity contribution in [3.05, 3.63) is 77.2 Å². The van der Waals surface area contributed by atoms with Crippen molar-refractivity contribution in [3.8, 4) is 17.4 Å². The number of hydrogen-bond acceptors (Lipinski definition) is 5. The van der Waals surface area contributed by atoms with Crippen molar-refractivity contribution in [2.24, 2.45) is 0 Å². The number of nitrogens with zero attached hydrogens (tertiary/aromatic N) is 2. The van der Waals surface area contributed by atoms with Crippen molar-refractivity contribution in [1.29, 1.82) is 0 Å². The first-order chi connectivity index (χ1) is 12.7. The molecule has 0 amide bonds. The van der Waals surface area contributed by atoms with Crippen LogP contribution >= 0.6 is 11.6 Å². The highest BCUT2D eigenvalue weighted by atomic mass is 35.5. The van der Waals surface area contributed by atoms with Crippen molar-refractivity contribution in [2.45, 2.75) is 20.1 Å². The van der Waals surface area contributed by atoms with Crippen LogP contribution in [-0.4, -0.2) is 16.6 Å². The molecule has 0 saturated carbocycles. The molecule has 1 aromatic heterocycles. The quantitative estimate of drug-likeness (QED) is 0.520. The second-order valence-corrected chi connectivity index (χ2v) is 5.82. The lowest BCUT2D eigenvalue weighted by Crippen LogP contribution is -2.01. The topological polar surface area (TPSA) is 53.5 Å². The zero-order chi connectivity index (χ0) is 18.2. The third-order valence-corrected chi connectivity index (χ3v) is 3.64. The molecule has 3 rings (SSSR count). The van der Waals surface area contributed by atoms with Gasteiger partial charge in [0.1, 0.15) is 29.9 Å². The molecule has 3 aromatic rings. The van der Waals surface area contributed by atoms with Gasteiger partial charge in [-0.3, -0.25) is 0 Å². The minimum atomic E-state index is 0.291. The van der Waals surface area contributed by atoms with Crippen molar-refractivity contribution in [2.75, 3.05) is 6.61 Å². The van der Waals surface area contributed by atoms with Gasteiger partial charge in [0.05, 0.1) is 0 Å². The van der Waals surface area contributed by atoms with Crippen LogP contribution in [-0.2, 0) is 18.0 Å². The number of aromatic nitrogens is 2. The molecule has 2 aromatic carbocycles. The van der Waals surface area contributed by atoms with Crippen LogP contribution in [0.5, 0.6) is 17.4 Å². The van der Waals surface area contributed by atoms with E-state index in [0.29, 0.717) is 42.4 Å². The Bertz CT molecular complexity index is 826. The highest BCUT2D eigenvalue weighted by Crippen LogP contribution is 2.24. The Labute approximate surface area is 157 Å². The molecular weight excluding hydrogens is 352 g/mol. The molecular formula is C20H19ClN2O3. The van der Waals surface area contributed by atoms with E-state index in [4.69, 9.17) is 25.8 Å². The molecule has 0 aliphatic carbocycles. The number of halogens is 1. The molecule has 0 unspecified atom stereocenters. The number of ether oxygens (including phenoxy) is 3. The molecule has 0 bridgehead atoms. The predicted octanol–water partition coefficient (Wildman–Crippen LogP) is 5.04. The fraction of sp³-hybridized carbons (Fsp3) is 0.200. The van der Waals surface area contributed by atoms with Gasteiger partial charge in [0, 0.05) is 12.7 Å². The standard InChI is InChI=1S/C20H19ClN2O3/c1-2-24-14-19-22-18(21)12-20(23-19)26-17-10-8-16(9-11-17)25-13-15-6-4-3-5-7-15/h3-12H,2,13-14H2,1H3. The largest absolute Gasteiger partial charge is 0.489 e. The van der Waals surface area contributed by atoms with Gasteiger partial charge in [-0.05, 0) is 36.8 Å². The fourth-order valence-electron chi connectivity index (χ4n) is 2.22. The van der Waals surface area contributed by atoms with Gasteiger partial charge >= 0.3 is 0 Å². The van der Waals surface area contributed by atoms with Gasteiger partial charge in [-0.25, -0.2) is 4.98 Å². The molecule has 0 aliphatic heterocycles. The van der Waals surface area contributed by atoms with Crippen LogP contribution in [0, 0.1) is 0 Å². The molecule has 0 saturated heterocycles. The molecule has 0 aliphatic rings. The lowest BCUT2D eigenvalue weighted by molar-refractivity contribution is 0.128. The summed E-state index contributed by atoms with van der Waals surface area (Å²) in [6.07, 6.45) is 0. The number of rotatable bonds is 8. The maximum atomic E-state index is 6.01. The Morgan fingerprint density at radius 2 is 1.62 bits per heavy atom. The molecule has 0 atom stereocenters. The summed E-state index contributed by atoms with van der Waals surface area (Å²) in [6.45, 7) is 3.29. The van der Waals surface area contributed by atoms with Gasteiger partial charge in [-0.1, -0.05) is 41.9 Å². The molecule has 0 radical (unpaired) electrons. The Morgan fingerprint density at radius 3 is 2.35 bits per heavy atom. The van der Waals surface area contributed by atoms with E-state index in [9.17, 15) is 0 Å². The third-order valence-electron chi connectivity index (χ3n) is 3.45. The van der Waals surface area contributed by atoms with Gasteiger partial charge in [0.15, 0.2) is 5.82 Å². The SMILES string of the molecule is CCOCc1nc(Cl)cc(Oc2ccc(OCc3ccccc3)cc2)n1. The highest BCUT2D eigenvalue weighted by Gasteiger charge is 2.06. The molecule has 0 fully saturated rings. The van der Waals surface area contributed by atoms with Crippen LogP contribution in [0.2, 0.25) is 5.15 Å². The van der Waals surface area contributed by atoms with E-state index in [1.54, 1.807) is 6.07 Å². The highest BCUT2D eigenvalue weighted by molar-refractivity contribution is 6.29. The van der Waals surface area contributed by atoms with Crippen molar-refractivity contribution in [3.63, 3.8) is 0 Å². The van der Waals surface area contributed by atoms with E-state index >= 15 is 0 Å². The average molecular weight is 371 g/mol. The van der Waals surface area contributed by atoms with Gasteiger partial charge < -0.3 is 14.2 Å². The van der Waals surface area contributed by atoms with Crippen molar-refractivity contribution >= 4 is 11.6 Å². The molecule has 5 nitrogen and oxygen atoms in total. The van der Waals surface area contributed by atoms with Crippen LogP contribution in [0.25, 0.3) is 0 Å². The Balaban J connectivity index is 1.61. The van der Waals surface area contributed by atoms with Gasteiger partial charge in [-0.2, -0.15) is 4.98 Å². The zero-order valence-corrected chi connectivity index (χ0v) is 15.1. The average Bonchev–Trinajstić information content (AvgIpc) is 2.66. The minimum absolute atomic E-state index is 0.291. The van der Waals surface area contributed by atoms with Crippen LogP contribution in [0.1, 0.15) is 18.3 Å². The number of benzene rings is 2. The van der Waals surface area contributed by atoms with Crippen LogP contribution in [0.3, 0.4) is 0 Å². The lowest BCUT2D eigenvalue weighted by Gasteiger charge is -2.09. The summed E-state index contributed by atoms with van der Waals surface area (Å²) in [5.41, 5.74) is 1.12. The Kier molecular flexibility index (Phi) is 6.41. The van der Waals surface area contributed by atoms with Crippen LogP contribution in [0.15, 0.2) is 60.7 Å². The molecule has 6 heteroatoms. The second-order valence-electron chi connectivity index (χ2n) is 5.43. The lowest BCUT2D eigenvalue weighted by atomic mass is 10.2. The molecule has 0 N–H and O–H groups in total. The predicted molar refractivity (Wildman–Crippen MR) is 99.7 cm³/mol. The van der Waals surface area contributed by atoms with E-state index in [0.717, 1.165) is 11.3 Å². The summed E-state index contributed by atoms with van der Waals surface area (Å²) in [7, 11) is 0. The van der Waals surface area contributed by atoms with Crippen LogP contribution in [0.4, 0.5) is 0 Å². The maximum absolute atomic E-state index is 6.01. The first-order valence-electron chi connectivity index (χ1n) is 8.29. The zero-order valence-electron chi connectivity index (χ0n) is 14.4. The first kappa shape index (κ1) is 18.2. The van der Waals surface area contributed by atoms with Gasteiger partial charge in [0.25, 0.3) is 0 Å².